The quantitative estimate of drug-likeness (QED) is 0.507. The topological polar surface area (TPSA) is 90.4 Å². The Balaban J connectivity index is 2.26. The molecule has 0 saturated carbocycles. The van der Waals surface area contributed by atoms with Crippen LogP contribution in [0.4, 0.5) is 22.7 Å². The van der Waals surface area contributed by atoms with Crippen LogP contribution >= 0.6 is 0 Å². The molecule has 2 rings (SSSR count). The summed E-state index contributed by atoms with van der Waals surface area (Å²) in [6.45, 7) is 1.94. The van der Waals surface area contributed by atoms with Crippen LogP contribution in [-0.4, -0.2) is 12.0 Å². The first-order valence-corrected chi connectivity index (χ1v) is 5.97. The zero-order valence-corrected chi connectivity index (χ0v) is 11.2. The monoisotopic (exact) mass is 273 g/mol. The van der Waals surface area contributed by atoms with Gasteiger partial charge >= 0.3 is 0 Å². The fourth-order valence-electron chi connectivity index (χ4n) is 1.86. The first kappa shape index (κ1) is 13.7. The van der Waals surface area contributed by atoms with Crippen molar-refractivity contribution < 1.29 is 9.66 Å². The minimum atomic E-state index is -0.502. The molecule has 0 aliphatic carbocycles. The van der Waals surface area contributed by atoms with Gasteiger partial charge in [0.15, 0.2) is 0 Å². The second-order valence-electron chi connectivity index (χ2n) is 4.34. The molecular weight excluding hydrogens is 258 g/mol. The number of aryl methyl sites for hydroxylation is 1. The molecule has 0 saturated heterocycles. The minimum Gasteiger partial charge on any atom is -0.497 e. The minimum absolute atomic E-state index is 0.0954. The number of nitrogens with zero attached hydrogens (tertiary/aromatic N) is 1. The summed E-state index contributed by atoms with van der Waals surface area (Å²) in [5.41, 5.74) is 8.28. The summed E-state index contributed by atoms with van der Waals surface area (Å²) in [6.07, 6.45) is 0. The lowest BCUT2D eigenvalue weighted by Gasteiger charge is -2.11. The molecule has 2 aromatic carbocycles. The van der Waals surface area contributed by atoms with Gasteiger partial charge in [-0.2, -0.15) is 0 Å². The van der Waals surface area contributed by atoms with Crippen LogP contribution in [0.15, 0.2) is 36.4 Å². The molecule has 6 nitrogen and oxygen atoms in total. The summed E-state index contributed by atoms with van der Waals surface area (Å²) >= 11 is 0. The fourth-order valence-corrected chi connectivity index (χ4v) is 1.86. The number of nitrogens with two attached hydrogens (primary N) is 1. The number of anilines is 3. The summed E-state index contributed by atoms with van der Waals surface area (Å²) in [4.78, 5) is 10.2. The zero-order valence-electron chi connectivity index (χ0n) is 11.2. The molecule has 2 aromatic rings. The number of hydrogen-bond acceptors (Lipinski definition) is 5. The molecule has 0 fully saturated rings. The van der Waals surface area contributed by atoms with E-state index < -0.39 is 4.92 Å². The third kappa shape index (κ3) is 2.80. The van der Waals surface area contributed by atoms with Crippen molar-refractivity contribution >= 4 is 22.7 Å². The summed E-state index contributed by atoms with van der Waals surface area (Å²) in [5, 5.41) is 13.9. The molecule has 0 atom stereocenters. The Morgan fingerprint density at radius 1 is 1.25 bits per heavy atom. The van der Waals surface area contributed by atoms with Crippen LogP contribution in [0.5, 0.6) is 5.75 Å². The number of hydrogen-bond donors (Lipinski definition) is 2. The molecule has 0 heterocycles. The summed E-state index contributed by atoms with van der Waals surface area (Å²) in [6, 6.07) is 10.2. The molecule has 0 amide bonds. The van der Waals surface area contributed by atoms with E-state index in [1.54, 1.807) is 19.2 Å². The van der Waals surface area contributed by atoms with E-state index in [9.17, 15) is 10.1 Å². The van der Waals surface area contributed by atoms with Crippen molar-refractivity contribution in [1.82, 2.24) is 0 Å². The van der Waals surface area contributed by atoms with Gasteiger partial charge in [0.1, 0.15) is 11.4 Å². The van der Waals surface area contributed by atoms with E-state index in [1.807, 2.05) is 25.1 Å². The average Bonchev–Trinajstić information content (AvgIpc) is 2.40. The van der Waals surface area contributed by atoms with Gasteiger partial charge in [-0.05, 0) is 42.8 Å². The lowest BCUT2D eigenvalue weighted by Crippen LogP contribution is -1.98. The van der Waals surface area contributed by atoms with Gasteiger partial charge in [-0.25, -0.2) is 0 Å². The van der Waals surface area contributed by atoms with E-state index >= 15 is 0 Å². The van der Waals surface area contributed by atoms with Crippen molar-refractivity contribution in [2.45, 2.75) is 6.92 Å². The highest BCUT2D eigenvalue weighted by Crippen LogP contribution is 2.29. The van der Waals surface area contributed by atoms with Gasteiger partial charge in [0.05, 0.1) is 12.0 Å². The molecule has 6 heteroatoms. The van der Waals surface area contributed by atoms with Crippen molar-refractivity contribution in [3.05, 3.63) is 52.1 Å². The van der Waals surface area contributed by atoms with Crippen LogP contribution in [0.25, 0.3) is 0 Å². The summed E-state index contributed by atoms with van der Waals surface area (Å²) in [5.74, 6) is 0.774. The highest BCUT2D eigenvalue weighted by atomic mass is 16.6. The molecule has 0 unspecified atom stereocenters. The molecular formula is C14H15N3O3. The number of methoxy groups -OCH3 is 1. The van der Waals surface area contributed by atoms with Crippen molar-refractivity contribution in [2.24, 2.45) is 0 Å². The average molecular weight is 273 g/mol. The van der Waals surface area contributed by atoms with Crippen LogP contribution in [0.1, 0.15) is 5.56 Å². The molecule has 104 valence electrons. The number of nitro benzene ring substituents is 1. The van der Waals surface area contributed by atoms with Gasteiger partial charge in [-0.1, -0.05) is 0 Å². The summed E-state index contributed by atoms with van der Waals surface area (Å²) in [7, 11) is 1.61. The highest BCUT2D eigenvalue weighted by molar-refractivity contribution is 5.71. The Labute approximate surface area is 116 Å². The Kier molecular flexibility index (Phi) is 3.74. The van der Waals surface area contributed by atoms with E-state index in [-0.39, 0.29) is 11.4 Å². The second kappa shape index (κ2) is 5.48. The number of nitrogen functional groups attached to an aromatic ring is 1. The van der Waals surface area contributed by atoms with Crippen LogP contribution in [0.2, 0.25) is 0 Å². The van der Waals surface area contributed by atoms with Crippen molar-refractivity contribution in [2.75, 3.05) is 18.2 Å². The molecule has 0 bridgehead atoms. The molecule has 0 radical (unpaired) electrons. The smallest absolute Gasteiger partial charge is 0.292 e. The zero-order chi connectivity index (χ0) is 14.7. The number of benzene rings is 2. The van der Waals surface area contributed by atoms with E-state index in [0.29, 0.717) is 5.69 Å². The maximum Gasteiger partial charge on any atom is 0.292 e. The molecule has 20 heavy (non-hydrogen) atoms. The van der Waals surface area contributed by atoms with E-state index in [1.165, 1.54) is 6.07 Å². The Morgan fingerprint density at radius 3 is 2.55 bits per heavy atom. The third-order valence-corrected chi connectivity index (χ3v) is 2.94. The van der Waals surface area contributed by atoms with Crippen LogP contribution < -0.4 is 15.8 Å². The number of rotatable bonds is 4. The van der Waals surface area contributed by atoms with Crippen LogP contribution in [0.3, 0.4) is 0 Å². The lowest BCUT2D eigenvalue weighted by molar-refractivity contribution is -0.383. The van der Waals surface area contributed by atoms with Gasteiger partial charge in [-0.15, -0.1) is 0 Å². The molecule has 0 aromatic heterocycles. The van der Waals surface area contributed by atoms with Crippen molar-refractivity contribution in [3.8, 4) is 5.75 Å². The maximum atomic E-state index is 10.7. The Hall–Kier alpha value is -2.76. The first-order valence-electron chi connectivity index (χ1n) is 5.97. The lowest BCUT2D eigenvalue weighted by atomic mass is 10.1. The van der Waals surface area contributed by atoms with E-state index in [0.717, 1.165) is 17.0 Å². The van der Waals surface area contributed by atoms with Gasteiger partial charge < -0.3 is 15.8 Å². The normalized spacial score (nSPS) is 10.1. The largest absolute Gasteiger partial charge is 0.497 e. The SMILES string of the molecule is COc1ccc(Nc2ccc([N+](=O)[O-])c(N)c2)c(C)c1. The third-order valence-electron chi connectivity index (χ3n) is 2.94. The second-order valence-corrected chi connectivity index (χ2v) is 4.34. The van der Waals surface area contributed by atoms with Crippen LogP contribution in [-0.2, 0) is 0 Å². The maximum absolute atomic E-state index is 10.7. The molecule has 0 aliphatic heterocycles. The standard InChI is InChI=1S/C14H15N3O3/c1-9-7-11(20-2)4-5-13(9)16-10-3-6-14(17(18)19)12(15)8-10/h3-8,16H,15H2,1-2H3. The van der Waals surface area contributed by atoms with Gasteiger partial charge in [-0.3, -0.25) is 10.1 Å². The molecule has 0 spiro atoms. The predicted octanol–water partition coefficient (Wildman–Crippen LogP) is 3.24. The number of nitro groups is 1. The fraction of sp³-hybridized carbons (Fsp3) is 0.143. The van der Waals surface area contributed by atoms with Crippen molar-refractivity contribution in [3.63, 3.8) is 0 Å². The van der Waals surface area contributed by atoms with Gasteiger partial charge in [0.2, 0.25) is 0 Å². The molecule has 0 aliphatic rings. The number of ether oxygens (including phenoxy) is 1. The van der Waals surface area contributed by atoms with Gasteiger partial charge in [0, 0.05) is 17.4 Å². The highest BCUT2D eigenvalue weighted by Gasteiger charge is 2.11. The predicted molar refractivity (Wildman–Crippen MR) is 78.5 cm³/mol. The van der Waals surface area contributed by atoms with Gasteiger partial charge in [0.25, 0.3) is 5.69 Å². The van der Waals surface area contributed by atoms with Crippen molar-refractivity contribution in [1.29, 1.82) is 0 Å². The first-order chi connectivity index (χ1) is 9.51. The summed E-state index contributed by atoms with van der Waals surface area (Å²) < 4.78 is 5.14. The van der Waals surface area contributed by atoms with Crippen LogP contribution in [0, 0.1) is 17.0 Å². The van der Waals surface area contributed by atoms with E-state index in [2.05, 4.69) is 5.32 Å². The Morgan fingerprint density at radius 2 is 2.00 bits per heavy atom. The number of nitrogens with one attached hydrogen (secondary N) is 1. The Bertz CT molecular complexity index is 656. The van der Waals surface area contributed by atoms with E-state index in [4.69, 9.17) is 10.5 Å². The molecule has 3 N–H and O–H groups in total.